The summed E-state index contributed by atoms with van der Waals surface area (Å²) in [5.41, 5.74) is 0.258. The topological polar surface area (TPSA) is 104 Å². The summed E-state index contributed by atoms with van der Waals surface area (Å²) in [6.07, 6.45) is 0.449. The summed E-state index contributed by atoms with van der Waals surface area (Å²) in [5.74, 6) is -1.76. The molecule has 0 bridgehead atoms. The predicted octanol–water partition coefficient (Wildman–Crippen LogP) is 0.995. The molecule has 0 aliphatic heterocycles. The number of aliphatic carboxylic acids is 1. The second kappa shape index (κ2) is 7.07. The van der Waals surface area contributed by atoms with Gasteiger partial charge in [-0.3, -0.25) is 14.3 Å². The molecule has 21 heavy (non-hydrogen) atoms. The van der Waals surface area contributed by atoms with Crippen molar-refractivity contribution in [2.45, 2.75) is 13.3 Å². The highest BCUT2D eigenvalue weighted by Crippen LogP contribution is 2.18. The number of nitrogens with one attached hydrogen (secondary N) is 1. The zero-order chi connectivity index (χ0) is 16.0. The van der Waals surface area contributed by atoms with Crippen LogP contribution in [0.1, 0.15) is 23.7 Å². The fourth-order valence-electron chi connectivity index (χ4n) is 1.73. The average Bonchev–Trinajstić information content (AvgIpc) is 2.37. The summed E-state index contributed by atoms with van der Waals surface area (Å²) < 4.78 is 25.9. The van der Waals surface area contributed by atoms with Gasteiger partial charge >= 0.3 is 5.97 Å². The Morgan fingerprint density at radius 1 is 1.29 bits per heavy atom. The van der Waals surface area contributed by atoms with Crippen molar-refractivity contribution in [3.8, 4) is 0 Å². The van der Waals surface area contributed by atoms with Gasteiger partial charge in [0.05, 0.1) is 17.0 Å². The molecule has 0 aromatic heterocycles. The van der Waals surface area contributed by atoms with Gasteiger partial charge in [0.1, 0.15) is 6.54 Å². The van der Waals surface area contributed by atoms with Crippen LogP contribution < -0.4 is 4.72 Å². The summed E-state index contributed by atoms with van der Waals surface area (Å²) in [6.45, 7) is 1.27. The van der Waals surface area contributed by atoms with Crippen LogP contribution >= 0.6 is 0 Å². The van der Waals surface area contributed by atoms with E-state index in [1.54, 1.807) is 19.1 Å². The first-order valence-electron chi connectivity index (χ1n) is 6.33. The van der Waals surface area contributed by atoms with E-state index in [-0.39, 0.29) is 17.0 Å². The van der Waals surface area contributed by atoms with Gasteiger partial charge in [-0.15, -0.1) is 0 Å². The van der Waals surface area contributed by atoms with Crippen LogP contribution in [0.15, 0.2) is 24.3 Å². The number of carboxylic acids is 1. The van der Waals surface area contributed by atoms with Crippen molar-refractivity contribution in [1.82, 2.24) is 4.90 Å². The van der Waals surface area contributed by atoms with Gasteiger partial charge in [0, 0.05) is 7.05 Å². The first-order chi connectivity index (χ1) is 9.76. The Balaban J connectivity index is 3.04. The maximum atomic E-state index is 12.2. The molecule has 8 heteroatoms. The molecular formula is C13H18N2O5S. The van der Waals surface area contributed by atoms with Crippen LogP contribution in [0.3, 0.4) is 0 Å². The fraction of sp³-hybridized carbons (Fsp3) is 0.385. The van der Waals surface area contributed by atoms with Crippen molar-refractivity contribution in [3.63, 3.8) is 0 Å². The molecule has 0 radical (unpaired) electrons. The van der Waals surface area contributed by atoms with Crippen LogP contribution in [0.25, 0.3) is 0 Å². The fourth-order valence-corrected chi connectivity index (χ4v) is 2.88. The van der Waals surface area contributed by atoms with Gasteiger partial charge in [0.2, 0.25) is 10.0 Å². The Labute approximate surface area is 123 Å². The van der Waals surface area contributed by atoms with Crippen molar-refractivity contribution in [2.24, 2.45) is 0 Å². The number of benzene rings is 1. The lowest BCUT2D eigenvalue weighted by Crippen LogP contribution is -2.32. The van der Waals surface area contributed by atoms with Gasteiger partial charge in [-0.1, -0.05) is 19.1 Å². The molecule has 0 saturated carbocycles. The van der Waals surface area contributed by atoms with Crippen molar-refractivity contribution >= 4 is 27.6 Å². The van der Waals surface area contributed by atoms with Gasteiger partial charge in [0.25, 0.3) is 5.91 Å². The standard InChI is InChI=1S/C13H18N2O5S/c1-3-8-21(19,20)14-11-7-5-4-6-10(11)13(18)15(2)9-12(16)17/h4-7,14H,3,8-9H2,1-2H3,(H,16,17). The van der Waals surface area contributed by atoms with Gasteiger partial charge in [-0.25, -0.2) is 8.42 Å². The minimum absolute atomic E-state index is 0.0551. The van der Waals surface area contributed by atoms with Crippen molar-refractivity contribution in [3.05, 3.63) is 29.8 Å². The van der Waals surface area contributed by atoms with Crippen molar-refractivity contribution in [2.75, 3.05) is 24.1 Å². The SMILES string of the molecule is CCCS(=O)(=O)Nc1ccccc1C(=O)N(C)CC(=O)O. The average molecular weight is 314 g/mol. The first kappa shape index (κ1) is 17.0. The van der Waals surface area contributed by atoms with E-state index in [1.165, 1.54) is 19.2 Å². The summed E-state index contributed by atoms with van der Waals surface area (Å²) in [6, 6.07) is 6.09. The van der Waals surface area contributed by atoms with Gasteiger partial charge in [-0.2, -0.15) is 0 Å². The number of amides is 1. The third-order valence-electron chi connectivity index (χ3n) is 2.61. The molecule has 1 aromatic carbocycles. The molecular weight excluding hydrogens is 296 g/mol. The molecule has 1 amide bonds. The van der Waals surface area contributed by atoms with Crippen LogP contribution in [0.2, 0.25) is 0 Å². The van der Waals surface area contributed by atoms with Crippen LogP contribution in [0, 0.1) is 0 Å². The highest BCUT2D eigenvalue weighted by atomic mass is 32.2. The maximum absolute atomic E-state index is 12.2. The zero-order valence-electron chi connectivity index (χ0n) is 11.9. The number of nitrogens with zero attached hydrogens (tertiary/aromatic N) is 1. The number of sulfonamides is 1. The molecule has 0 atom stereocenters. The minimum atomic E-state index is -3.53. The number of likely N-dealkylation sites (N-methyl/N-ethyl adjacent to an activating group) is 1. The van der Waals surface area contributed by atoms with Gasteiger partial charge in [0.15, 0.2) is 0 Å². The minimum Gasteiger partial charge on any atom is -0.480 e. The smallest absolute Gasteiger partial charge is 0.323 e. The third kappa shape index (κ3) is 5.07. The Morgan fingerprint density at radius 3 is 2.48 bits per heavy atom. The van der Waals surface area contributed by atoms with E-state index in [0.717, 1.165) is 4.90 Å². The lowest BCUT2D eigenvalue weighted by Gasteiger charge is -2.17. The molecule has 0 fully saturated rings. The quantitative estimate of drug-likeness (QED) is 0.781. The van der Waals surface area contributed by atoms with Crippen LogP contribution in [0.5, 0.6) is 0 Å². The normalized spacial score (nSPS) is 11.0. The molecule has 0 heterocycles. The number of carbonyl (C=O) groups excluding carboxylic acids is 1. The van der Waals surface area contributed by atoms with Crippen LogP contribution in [-0.2, 0) is 14.8 Å². The number of hydrogen-bond acceptors (Lipinski definition) is 4. The number of carboxylic acid groups (broad SMARTS) is 1. The number of carbonyl (C=O) groups is 2. The largest absolute Gasteiger partial charge is 0.480 e. The Bertz CT molecular complexity index is 627. The lowest BCUT2D eigenvalue weighted by molar-refractivity contribution is -0.137. The molecule has 0 aliphatic rings. The van der Waals surface area contributed by atoms with Crippen LogP contribution in [-0.4, -0.2) is 49.6 Å². The van der Waals surface area contributed by atoms with Crippen molar-refractivity contribution < 1.29 is 23.1 Å². The lowest BCUT2D eigenvalue weighted by atomic mass is 10.1. The third-order valence-corrected chi connectivity index (χ3v) is 4.09. The number of hydrogen-bond donors (Lipinski definition) is 2. The summed E-state index contributed by atoms with van der Waals surface area (Å²) in [7, 11) is -2.19. The van der Waals surface area contributed by atoms with E-state index in [1.807, 2.05) is 0 Å². The van der Waals surface area contributed by atoms with E-state index in [9.17, 15) is 18.0 Å². The zero-order valence-corrected chi connectivity index (χ0v) is 12.7. The van der Waals surface area contributed by atoms with Crippen LogP contribution in [0.4, 0.5) is 5.69 Å². The molecule has 0 unspecified atom stereocenters. The number of para-hydroxylation sites is 1. The summed E-state index contributed by atoms with van der Waals surface area (Å²) in [4.78, 5) is 23.8. The predicted molar refractivity (Wildman–Crippen MR) is 78.7 cm³/mol. The van der Waals surface area contributed by atoms with E-state index < -0.39 is 28.4 Å². The first-order valence-corrected chi connectivity index (χ1v) is 7.99. The molecule has 0 aliphatic carbocycles. The molecule has 0 spiro atoms. The number of anilines is 1. The second-order valence-corrected chi connectivity index (χ2v) is 6.36. The molecule has 2 N–H and O–H groups in total. The van der Waals surface area contributed by atoms with E-state index >= 15 is 0 Å². The molecule has 1 aromatic rings. The molecule has 1 rings (SSSR count). The number of rotatable bonds is 7. The molecule has 0 saturated heterocycles. The molecule has 7 nitrogen and oxygen atoms in total. The monoisotopic (exact) mass is 314 g/mol. The summed E-state index contributed by atoms with van der Waals surface area (Å²) in [5, 5.41) is 8.70. The Morgan fingerprint density at radius 2 is 1.90 bits per heavy atom. The molecule has 116 valence electrons. The highest BCUT2D eigenvalue weighted by Gasteiger charge is 2.19. The maximum Gasteiger partial charge on any atom is 0.323 e. The van der Waals surface area contributed by atoms with Gasteiger partial charge in [-0.05, 0) is 18.6 Å². The second-order valence-electron chi connectivity index (χ2n) is 4.52. The Hall–Kier alpha value is -2.09. The van der Waals surface area contributed by atoms with E-state index in [0.29, 0.717) is 6.42 Å². The van der Waals surface area contributed by atoms with Crippen molar-refractivity contribution in [1.29, 1.82) is 0 Å². The Kier molecular flexibility index (Phi) is 5.71. The van der Waals surface area contributed by atoms with E-state index in [4.69, 9.17) is 5.11 Å². The van der Waals surface area contributed by atoms with Gasteiger partial charge < -0.3 is 10.0 Å². The highest BCUT2D eigenvalue weighted by molar-refractivity contribution is 7.92. The summed E-state index contributed by atoms with van der Waals surface area (Å²) >= 11 is 0. The van der Waals surface area contributed by atoms with E-state index in [2.05, 4.69) is 4.72 Å².